The number of piperidine rings is 1. The Morgan fingerprint density at radius 1 is 1.50 bits per heavy atom. The van der Waals surface area contributed by atoms with Gasteiger partial charge in [-0.05, 0) is 39.8 Å². The first-order valence-corrected chi connectivity index (χ1v) is 5.95. The van der Waals surface area contributed by atoms with Crippen LogP contribution in [0, 0.1) is 0 Å². The average Bonchev–Trinajstić information content (AvgIpc) is 2.26. The maximum atomic E-state index is 11.1. The Labute approximate surface area is 97.0 Å². The van der Waals surface area contributed by atoms with Crippen molar-refractivity contribution in [3.05, 3.63) is 0 Å². The Kier molecular flexibility index (Phi) is 5.18. The molecule has 1 rings (SSSR count). The van der Waals surface area contributed by atoms with Crippen molar-refractivity contribution in [2.45, 2.75) is 44.9 Å². The van der Waals surface area contributed by atoms with E-state index in [4.69, 9.17) is 5.73 Å². The Morgan fingerprint density at radius 3 is 2.50 bits per heavy atom. The summed E-state index contributed by atoms with van der Waals surface area (Å²) in [4.78, 5) is 13.1. The number of nitrogens with two attached hydrogens (primary N) is 1. The highest BCUT2D eigenvalue weighted by Crippen LogP contribution is 2.16. The second-order valence-corrected chi connectivity index (χ2v) is 4.60. The molecule has 1 amide bonds. The summed E-state index contributed by atoms with van der Waals surface area (Å²) in [7, 11) is 0. The summed E-state index contributed by atoms with van der Waals surface area (Å²) in [6.07, 6.45) is 1.56. The molecule has 2 atom stereocenters. The fourth-order valence-electron chi connectivity index (χ4n) is 2.20. The molecule has 1 heterocycles. The maximum Gasteiger partial charge on any atom is 0.231 e. The first-order valence-electron chi connectivity index (χ1n) is 5.95. The van der Waals surface area contributed by atoms with Crippen LogP contribution in [0.2, 0.25) is 0 Å². The Morgan fingerprint density at radius 2 is 2.06 bits per heavy atom. The van der Waals surface area contributed by atoms with E-state index in [1.54, 1.807) is 6.92 Å². The Balaban J connectivity index is 2.64. The topological polar surface area (TPSA) is 78.6 Å². The van der Waals surface area contributed by atoms with E-state index < -0.39 is 6.10 Å². The van der Waals surface area contributed by atoms with E-state index in [2.05, 4.69) is 5.32 Å². The molecule has 4 N–H and O–H groups in total. The summed E-state index contributed by atoms with van der Waals surface area (Å²) in [5.74, 6) is -0.328. The van der Waals surface area contributed by atoms with Crippen molar-refractivity contribution < 1.29 is 9.90 Å². The number of hydrogen-bond donors (Lipinski definition) is 3. The number of hydrogen-bond acceptors (Lipinski definition) is 4. The highest BCUT2D eigenvalue weighted by molar-refractivity contribution is 5.76. The van der Waals surface area contributed by atoms with Gasteiger partial charge in [0.2, 0.25) is 5.91 Å². The molecule has 16 heavy (non-hydrogen) atoms. The molecule has 5 nitrogen and oxygen atoms in total. The SMILES string of the molecule is CC(O)C(C)N(CC(N)=O)C1CCNCC1. The van der Waals surface area contributed by atoms with Crippen molar-refractivity contribution in [3.63, 3.8) is 0 Å². The third-order valence-electron chi connectivity index (χ3n) is 3.34. The van der Waals surface area contributed by atoms with Gasteiger partial charge in [-0.15, -0.1) is 0 Å². The first kappa shape index (κ1) is 13.4. The van der Waals surface area contributed by atoms with E-state index in [1.807, 2.05) is 11.8 Å². The number of aliphatic hydroxyl groups excluding tert-OH is 1. The van der Waals surface area contributed by atoms with Crippen molar-refractivity contribution in [1.29, 1.82) is 0 Å². The normalized spacial score (nSPS) is 22.0. The molecule has 0 spiro atoms. The minimum atomic E-state index is -0.450. The van der Waals surface area contributed by atoms with Gasteiger partial charge < -0.3 is 16.2 Å². The number of rotatable bonds is 5. The second kappa shape index (κ2) is 6.18. The van der Waals surface area contributed by atoms with Crippen LogP contribution in [-0.4, -0.2) is 53.7 Å². The number of nitrogens with zero attached hydrogens (tertiary/aromatic N) is 1. The number of aliphatic hydroxyl groups is 1. The molecule has 1 saturated heterocycles. The van der Waals surface area contributed by atoms with E-state index >= 15 is 0 Å². The average molecular weight is 229 g/mol. The molecule has 1 aliphatic rings. The molecule has 1 fully saturated rings. The van der Waals surface area contributed by atoms with Crippen molar-refractivity contribution in [1.82, 2.24) is 10.2 Å². The maximum absolute atomic E-state index is 11.1. The monoisotopic (exact) mass is 229 g/mol. The van der Waals surface area contributed by atoms with Gasteiger partial charge in [-0.25, -0.2) is 0 Å². The van der Waals surface area contributed by atoms with Gasteiger partial charge in [0.05, 0.1) is 12.6 Å². The van der Waals surface area contributed by atoms with Crippen LogP contribution in [0.5, 0.6) is 0 Å². The van der Waals surface area contributed by atoms with Crippen LogP contribution in [0.4, 0.5) is 0 Å². The lowest BCUT2D eigenvalue weighted by Crippen LogP contribution is -2.53. The van der Waals surface area contributed by atoms with Crippen molar-refractivity contribution >= 4 is 5.91 Å². The fraction of sp³-hybridized carbons (Fsp3) is 0.909. The summed E-state index contributed by atoms with van der Waals surface area (Å²) >= 11 is 0. The standard InChI is InChI=1S/C11H23N3O2/c1-8(9(2)15)14(7-11(12)16)10-3-5-13-6-4-10/h8-10,13,15H,3-7H2,1-2H3,(H2,12,16). The molecule has 1 aliphatic heterocycles. The second-order valence-electron chi connectivity index (χ2n) is 4.60. The van der Waals surface area contributed by atoms with Gasteiger partial charge in [0.1, 0.15) is 0 Å². The van der Waals surface area contributed by atoms with Crippen LogP contribution in [0.15, 0.2) is 0 Å². The smallest absolute Gasteiger partial charge is 0.231 e. The minimum absolute atomic E-state index is 0.0319. The van der Waals surface area contributed by atoms with Gasteiger partial charge in [-0.3, -0.25) is 9.69 Å². The lowest BCUT2D eigenvalue weighted by Gasteiger charge is -2.39. The molecule has 0 bridgehead atoms. The number of primary amides is 1. The van der Waals surface area contributed by atoms with Gasteiger partial charge in [-0.2, -0.15) is 0 Å². The molecule has 0 saturated carbocycles. The van der Waals surface area contributed by atoms with Gasteiger partial charge in [-0.1, -0.05) is 0 Å². The molecule has 0 aromatic rings. The molecular formula is C11H23N3O2. The van der Waals surface area contributed by atoms with E-state index in [1.165, 1.54) is 0 Å². The van der Waals surface area contributed by atoms with Crippen LogP contribution in [0.3, 0.4) is 0 Å². The van der Waals surface area contributed by atoms with Gasteiger partial charge in [0.15, 0.2) is 0 Å². The highest BCUT2D eigenvalue weighted by Gasteiger charge is 2.28. The summed E-state index contributed by atoms with van der Waals surface area (Å²) < 4.78 is 0. The molecule has 0 aromatic heterocycles. The molecular weight excluding hydrogens is 206 g/mol. The third kappa shape index (κ3) is 3.73. The minimum Gasteiger partial charge on any atom is -0.392 e. The Hall–Kier alpha value is -0.650. The summed E-state index contributed by atoms with van der Waals surface area (Å²) in [5, 5.41) is 12.9. The zero-order valence-electron chi connectivity index (χ0n) is 10.1. The zero-order chi connectivity index (χ0) is 12.1. The number of carbonyl (C=O) groups is 1. The summed E-state index contributed by atoms with van der Waals surface area (Å²) in [5.41, 5.74) is 5.26. The van der Waals surface area contributed by atoms with E-state index in [9.17, 15) is 9.90 Å². The van der Waals surface area contributed by atoms with E-state index in [-0.39, 0.29) is 18.5 Å². The fourth-order valence-corrected chi connectivity index (χ4v) is 2.20. The van der Waals surface area contributed by atoms with E-state index in [0.717, 1.165) is 25.9 Å². The molecule has 0 radical (unpaired) electrons. The Bertz CT molecular complexity index is 227. The van der Waals surface area contributed by atoms with Gasteiger partial charge in [0, 0.05) is 12.1 Å². The molecule has 0 aromatic carbocycles. The third-order valence-corrected chi connectivity index (χ3v) is 3.34. The van der Waals surface area contributed by atoms with Crippen LogP contribution in [0.25, 0.3) is 0 Å². The predicted octanol–water partition coefficient (Wildman–Crippen LogP) is -0.705. The van der Waals surface area contributed by atoms with Crippen molar-refractivity contribution in [2.24, 2.45) is 5.73 Å². The molecule has 5 heteroatoms. The van der Waals surface area contributed by atoms with Crippen LogP contribution >= 0.6 is 0 Å². The zero-order valence-corrected chi connectivity index (χ0v) is 10.1. The highest BCUT2D eigenvalue weighted by atomic mass is 16.3. The summed E-state index contributed by atoms with van der Waals surface area (Å²) in [6, 6.07) is 0.314. The number of carbonyl (C=O) groups excluding carboxylic acids is 1. The van der Waals surface area contributed by atoms with E-state index in [0.29, 0.717) is 6.04 Å². The van der Waals surface area contributed by atoms with Gasteiger partial charge >= 0.3 is 0 Å². The van der Waals surface area contributed by atoms with Crippen LogP contribution in [0.1, 0.15) is 26.7 Å². The lowest BCUT2D eigenvalue weighted by atomic mass is 10.0. The quantitative estimate of drug-likeness (QED) is 0.582. The number of nitrogens with one attached hydrogen (secondary N) is 1. The van der Waals surface area contributed by atoms with Crippen molar-refractivity contribution in [3.8, 4) is 0 Å². The van der Waals surface area contributed by atoms with Crippen molar-refractivity contribution in [2.75, 3.05) is 19.6 Å². The first-order chi connectivity index (χ1) is 7.52. The summed E-state index contributed by atoms with van der Waals surface area (Å²) in [6.45, 7) is 5.85. The molecule has 0 aliphatic carbocycles. The lowest BCUT2D eigenvalue weighted by molar-refractivity contribution is -0.121. The number of amides is 1. The molecule has 2 unspecified atom stereocenters. The van der Waals surface area contributed by atoms with Crippen LogP contribution in [-0.2, 0) is 4.79 Å². The predicted molar refractivity (Wildman–Crippen MR) is 62.9 cm³/mol. The van der Waals surface area contributed by atoms with Crippen LogP contribution < -0.4 is 11.1 Å². The largest absolute Gasteiger partial charge is 0.392 e. The molecule has 94 valence electrons. The van der Waals surface area contributed by atoms with Gasteiger partial charge in [0.25, 0.3) is 0 Å².